The molecule has 0 fully saturated rings. The molecule has 178 valence electrons. The molecule has 0 aromatic heterocycles. The number of ether oxygens (including phenoxy) is 1. The van der Waals surface area contributed by atoms with Gasteiger partial charge >= 0.3 is 0 Å². The first kappa shape index (κ1) is 26.5. The second-order valence-electron chi connectivity index (χ2n) is 7.82. The van der Waals surface area contributed by atoms with Crippen LogP contribution in [0.1, 0.15) is 22.8 Å². The van der Waals surface area contributed by atoms with Gasteiger partial charge in [0, 0.05) is 29.0 Å². The molecule has 0 saturated heterocycles. The lowest BCUT2D eigenvalue weighted by Crippen LogP contribution is -2.35. The van der Waals surface area contributed by atoms with E-state index < -0.39 is 5.50 Å². The average Bonchev–Trinajstić information content (AvgIpc) is 3.31. The van der Waals surface area contributed by atoms with E-state index in [4.69, 9.17) is 39.5 Å². The summed E-state index contributed by atoms with van der Waals surface area (Å²) in [6, 6.07) is 25.6. The van der Waals surface area contributed by atoms with Gasteiger partial charge < -0.3 is 14.5 Å². The average molecular weight is 536 g/mol. The Balaban J connectivity index is 0.00000324. The van der Waals surface area contributed by atoms with E-state index in [2.05, 4.69) is 40.3 Å². The molecule has 1 aliphatic heterocycles. The van der Waals surface area contributed by atoms with E-state index in [9.17, 15) is 0 Å². The van der Waals surface area contributed by atoms with Gasteiger partial charge in [-0.05, 0) is 41.0 Å². The van der Waals surface area contributed by atoms with Gasteiger partial charge in [-0.3, -0.25) is 0 Å². The molecule has 3 aromatic rings. The summed E-state index contributed by atoms with van der Waals surface area (Å²) in [5, 5.41) is 1.38. The van der Waals surface area contributed by atoms with E-state index >= 15 is 0 Å². The van der Waals surface area contributed by atoms with Crippen LogP contribution in [0.15, 0.2) is 97.3 Å². The molecule has 0 aliphatic carbocycles. The van der Waals surface area contributed by atoms with Crippen LogP contribution in [0.25, 0.3) is 6.08 Å². The molecule has 7 heteroatoms. The largest absolute Gasteiger partial charge is 0.365 e. The van der Waals surface area contributed by atoms with Crippen molar-refractivity contribution in [1.82, 2.24) is 9.80 Å². The SMILES string of the molecule is Cl.Clc1ccc(COC(c2ccc(Cl)cc2)C(Cl)N2C=CN(C/C=C/c3ccccc3)C2)cc1. The topological polar surface area (TPSA) is 15.7 Å². The highest BCUT2D eigenvalue weighted by atomic mass is 35.5. The van der Waals surface area contributed by atoms with Crippen molar-refractivity contribution in [1.29, 1.82) is 0 Å². The summed E-state index contributed by atoms with van der Waals surface area (Å²) in [5.41, 5.74) is 2.81. The van der Waals surface area contributed by atoms with Gasteiger partial charge in [0.05, 0.1) is 13.3 Å². The summed E-state index contributed by atoms with van der Waals surface area (Å²) in [6.07, 6.45) is 8.01. The first-order valence-electron chi connectivity index (χ1n) is 10.7. The Hall–Kier alpha value is -2.14. The molecule has 0 amide bonds. The van der Waals surface area contributed by atoms with Gasteiger partial charge in [0.1, 0.15) is 11.6 Å². The third-order valence-electron chi connectivity index (χ3n) is 5.37. The monoisotopic (exact) mass is 534 g/mol. The number of alkyl halides is 1. The van der Waals surface area contributed by atoms with Crippen molar-refractivity contribution >= 4 is 53.3 Å². The van der Waals surface area contributed by atoms with Crippen LogP contribution >= 0.6 is 47.2 Å². The Bertz CT molecular complexity index is 1070. The van der Waals surface area contributed by atoms with Crippen LogP contribution in [-0.2, 0) is 11.3 Å². The van der Waals surface area contributed by atoms with E-state index in [-0.39, 0.29) is 18.5 Å². The lowest BCUT2D eigenvalue weighted by Gasteiger charge is -2.31. The van der Waals surface area contributed by atoms with Crippen molar-refractivity contribution in [3.05, 3.63) is 124 Å². The van der Waals surface area contributed by atoms with Crippen LogP contribution in [0.3, 0.4) is 0 Å². The molecular weight excluding hydrogens is 510 g/mol. The Morgan fingerprint density at radius 3 is 2.18 bits per heavy atom. The molecule has 2 atom stereocenters. The minimum absolute atomic E-state index is 0. The number of rotatable bonds is 9. The van der Waals surface area contributed by atoms with E-state index in [1.165, 1.54) is 5.56 Å². The van der Waals surface area contributed by atoms with Gasteiger partial charge in [0.25, 0.3) is 0 Å². The highest BCUT2D eigenvalue weighted by molar-refractivity contribution is 6.30. The Morgan fingerprint density at radius 1 is 0.853 bits per heavy atom. The molecule has 0 radical (unpaired) electrons. The third-order valence-corrected chi connectivity index (χ3v) is 6.36. The third kappa shape index (κ3) is 7.43. The van der Waals surface area contributed by atoms with Gasteiger partial charge in [0.2, 0.25) is 0 Å². The van der Waals surface area contributed by atoms with Crippen LogP contribution in [0.2, 0.25) is 10.0 Å². The Kier molecular flexibility index (Phi) is 10.2. The zero-order valence-electron chi connectivity index (χ0n) is 18.4. The lowest BCUT2D eigenvalue weighted by molar-refractivity contribution is 0.00718. The first-order chi connectivity index (χ1) is 16.1. The summed E-state index contributed by atoms with van der Waals surface area (Å²) >= 11 is 19.1. The molecule has 0 N–H and O–H groups in total. The van der Waals surface area contributed by atoms with E-state index in [1.807, 2.05) is 72.9 Å². The maximum Gasteiger partial charge on any atom is 0.135 e. The minimum atomic E-state index is -0.391. The molecule has 34 heavy (non-hydrogen) atoms. The van der Waals surface area contributed by atoms with Crippen molar-refractivity contribution in [3.63, 3.8) is 0 Å². The highest BCUT2D eigenvalue weighted by Gasteiger charge is 2.29. The number of benzene rings is 3. The van der Waals surface area contributed by atoms with Gasteiger partial charge in [-0.1, -0.05) is 102 Å². The van der Waals surface area contributed by atoms with Crippen LogP contribution in [0.5, 0.6) is 0 Å². The quantitative estimate of drug-likeness (QED) is 0.204. The maximum absolute atomic E-state index is 6.97. The summed E-state index contributed by atoms with van der Waals surface area (Å²) in [4.78, 5) is 4.28. The molecule has 0 spiro atoms. The van der Waals surface area contributed by atoms with Gasteiger partial charge in [0.15, 0.2) is 0 Å². The lowest BCUT2D eigenvalue weighted by atomic mass is 10.1. The van der Waals surface area contributed by atoms with Crippen LogP contribution < -0.4 is 0 Å². The molecule has 3 aromatic carbocycles. The summed E-state index contributed by atoms with van der Waals surface area (Å²) in [7, 11) is 0. The summed E-state index contributed by atoms with van der Waals surface area (Å²) in [6.45, 7) is 1.90. The molecule has 1 heterocycles. The summed E-state index contributed by atoms with van der Waals surface area (Å²) < 4.78 is 6.32. The fourth-order valence-corrected chi connectivity index (χ4v) is 4.18. The van der Waals surface area contributed by atoms with Crippen LogP contribution in [-0.4, -0.2) is 28.5 Å². The molecule has 1 aliphatic rings. The zero-order valence-corrected chi connectivity index (χ0v) is 21.5. The summed E-state index contributed by atoms with van der Waals surface area (Å²) in [5.74, 6) is 0. The molecular formula is C27H26Cl4N2O. The Morgan fingerprint density at radius 2 is 1.50 bits per heavy atom. The molecule has 0 saturated carbocycles. The molecule has 0 bridgehead atoms. The smallest absolute Gasteiger partial charge is 0.135 e. The van der Waals surface area contributed by atoms with Gasteiger partial charge in [-0.2, -0.15) is 0 Å². The normalized spacial score (nSPS) is 14.9. The zero-order chi connectivity index (χ0) is 23.0. The molecule has 2 unspecified atom stereocenters. The van der Waals surface area contributed by atoms with Crippen molar-refractivity contribution in [2.24, 2.45) is 0 Å². The van der Waals surface area contributed by atoms with E-state index in [1.54, 1.807) is 0 Å². The standard InChI is InChI=1S/C27H25Cl3N2O.ClH/c28-24-12-8-22(9-13-24)19-33-26(23-10-14-25(29)15-11-23)27(30)32-18-17-31(20-32)16-4-7-21-5-2-1-3-6-21;/h1-15,17-18,26-27H,16,19-20H2;1H/b7-4+;. The number of nitrogens with zero attached hydrogens (tertiary/aromatic N) is 2. The van der Waals surface area contributed by atoms with Gasteiger partial charge in [-0.15, -0.1) is 12.4 Å². The van der Waals surface area contributed by atoms with E-state index in [0.29, 0.717) is 23.3 Å². The van der Waals surface area contributed by atoms with Crippen LogP contribution in [0.4, 0.5) is 0 Å². The predicted molar refractivity (Wildman–Crippen MR) is 145 cm³/mol. The van der Waals surface area contributed by atoms with Crippen molar-refractivity contribution in [3.8, 4) is 0 Å². The number of hydrogen-bond donors (Lipinski definition) is 0. The van der Waals surface area contributed by atoms with Crippen LogP contribution in [0, 0.1) is 0 Å². The predicted octanol–water partition coefficient (Wildman–Crippen LogP) is 8.00. The maximum atomic E-state index is 6.97. The van der Waals surface area contributed by atoms with Crippen molar-refractivity contribution in [2.75, 3.05) is 13.2 Å². The highest BCUT2D eigenvalue weighted by Crippen LogP contribution is 2.31. The fourth-order valence-electron chi connectivity index (χ4n) is 3.58. The second kappa shape index (κ2) is 13.1. The second-order valence-corrected chi connectivity index (χ2v) is 9.14. The van der Waals surface area contributed by atoms with E-state index in [0.717, 1.165) is 17.7 Å². The molecule has 3 nitrogen and oxygen atoms in total. The first-order valence-corrected chi connectivity index (χ1v) is 11.9. The van der Waals surface area contributed by atoms with Crippen molar-refractivity contribution < 1.29 is 4.74 Å². The number of hydrogen-bond acceptors (Lipinski definition) is 3. The number of halogens is 4. The molecule has 4 rings (SSSR count). The Labute approximate surface area is 222 Å². The minimum Gasteiger partial charge on any atom is -0.365 e. The van der Waals surface area contributed by atoms with Crippen molar-refractivity contribution in [2.45, 2.75) is 18.2 Å². The van der Waals surface area contributed by atoms with Gasteiger partial charge in [-0.25, -0.2) is 0 Å². The fraction of sp³-hybridized carbons (Fsp3) is 0.185.